The minimum absolute atomic E-state index is 0.0817. The maximum absolute atomic E-state index is 13.1. The van der Waals surface area contributed by atoms with Crippen LogP contribution in [0, 0.1) is 0 Å². The first-order valence-corrected chi connectivity index (χ1v) is 12.4. The first-order valence-electron chi connectivity index (χ1n) is 12.4. The molecule has 2 aromatic heterocycles. The fourth-order valence-electron chi connectivity index (χ4n) is 5.01. The Morgan fingerprint density at radius 2 is 2.00 bits per heavy atom. The summed E-state index contributed by atoms with van der Waals surface area (Å²) in [5.74, 6) is 1.60. The van der Waals surface area contributed by atoms with E-state index in [1.54, 1.807) is 18.0 Å². The van der Waals surface area contributed by atoms with E-state index in [1.807, 2.05) is 12.3 Å². The van der Waals surface area contributed by atoms with Crippen LogP contribution in [0.1, 0.15) is 45.9 Å². The number of carbonyl (C=O) groups is 1. The lowest BCUT2D eigenvalue weighted by atomic mass is 9.90. The summed E-state index contributed by atoms with van der Waals surface area (Å²) in [5, 5.41) is 7.66. The smallest absolute Gasteiger partial charge is 0.254 e. The number of hydrogen-bond acceptors (Lipinski definition) is 7. The van der Waals surface area contributed by atoms with Gasteiger partial charge in [-0.1, -0.05) is 0 Å². The molecule has 3 aliphatic rings. The van der Waals surface area contributed by atoms with Crippen molar-refractivity contribution in [2.45, 2.75) is 31.6 Å². The summed E-state index contributed by atoms with van der Waals surface area (Å²) in [6, 6.07) is 6.13. The van der Waals surface area contributed by atoms with Crippen molar-refractivity contribution >= 4 is 5.91 Å². The van der Waals surface area contributed by atoms with Crippen LogP contribution in [0.25, 0.3) is 17.2 Å². The average molecular weight is 475 g/mol. The van der Waals surface area contributed by atoms with Crippen molar-refractivity contribution in [1.29, 1.82) is 0 Å². The normalized spacial score (nSPS) is 17.5. The second kappa shape index (κ2) is 9.39. The summed E-state index contributed by atoms with van der Waals surface area (Å²) in [5.41, 5.74) is 5.95. The molecule has 3 aromatic rings. The van der Waals surface area contributed by atoms with E-state index in [0.29, 0.717) is 24.0 Å². The molecule has 0 bridgehead atoms. The second-order valence-electron chi connectivity index (χ2n) is 9.41. The van der Waals surface area contributed by atoms with Crippen molar-refractivity contribution in [2.24, 2.45) is 0 Å². The first kappa shape index (κ1) is 22.2. The number of ether oxygens (including phenoxy) is 2. The maximum Gasteiger partial charge on any atom is 0.254 e. The Bertz CT molecular complexity index is 1250. The van der Waals surface area contributed by atoms with E-state index < -0.39 is 0 Å². The monoisotopic (exact) mass is 474 g/mol. The summed E-state index contributed by atoms with van der Waals surface area (Å²) in [7, 11) is 1.69. The minimum Gasteiger partial charge on any atom is -0.497 e. The number of fused-ring (bicyclic) bond motifs is 3. The SMILES string of the molecule is COc1ccc2c(c1)CCc1cnc(-n3ncc(C(=O)NCCN4CCOCC4)c3C3CC3)nc1-2. The topological polar surface area (TPSA) is 94.4 Å². The van der Waals surface area contributed by atoms with Crippen LogP contribution in [0.2, 0.25) is 0 Å². The van der Waals surface area contributed by atoms with Gasteiger partial charge < -0.3 is 14.8 Å². The first-order chi connectivity index (χ1) is 17.2. The average Bonchev–Trinajstić information content (AvgIpc) is 3.65. The molecule has 35 heavy (non-hydrogen) atoms. The molecule has 1 N–H and O–H groups in total. The fraction of sp³-hybridized carbons (Fsp3) is 0.462. The lowest BCUT2D eigenvalue weighted by Crippen LogP contribution is -2.41. The molecule has 2 aliphatic carbocycles. The molecule has 1 saturated heterocycles. The molecule has 9 heteroatoms. The van der Waals surface area contributed by atoms with E-state index in [0.717, 1.165) is 86.8 Å². The Morgan fingerprint density at radius 1 is 1.17 bits per heavy atom. The van der Waals surface area contributed by atoms with Gasteiger partial charge >= 0.3 is 0 Å². The van der Waals surface area contributed by atoms with Crippen LogP contribution in [0.3, 0.4) is 0 Å². The number of nitrogens with zero attached hydrogens (tertiary/aromatic N) is 5. The minimum atomic E-state index is -0.0817. The van der Waals surface area contributed by atoms with E-state index in [4.69, 9.17) is 14.5 Å². The quantitative estimate of drug-likeness (QED) is 0.562. The van der Waals surface area contributed by atoms with Crippen LogP contribution in [-0.4, -0.2) is 77.1 Å². The van der Waals surface area contributed by atoms with Gasteiger partial charge in [0.15, 0.2) is 0 Å². The number of benzene rings is 1. The van der Waals surface area contributed by atoms with Crippen molar-refractivity contribution in [1.82, 2.24) is 30.0 Å². The molecule has 0 spiro atoms. The number of morpholine rings is 1. The molecule has 1 amide bonds. The van der Waals surface area contributed by atoms with E-state index in [2.05, 4.69) is 32.4 Å². The predicted molar refractivity (Wildman–Crippen MR) is 130 cm³/mol. The summed E-state index contributed by atoms with van der Waals surface area (Å²) in [6.45, 7) is 4.75. The van der Waals surface area contributed by atoms with Crippen LogP contribution in [0.15, 0.2) is 30.6 Å². The molecule has 0 radical (unpaired) electrons. The largest absolute Gasteiger partial charge is 0.497 e. The molecule has 6 rings (SSSR count). The van der Waals surface area contributed by atoms with Gasteiger partial charge in [-0.05, 0) is 55.0 Å². The third-order valence-corrected chi connectivity index (χ3v) is 7.10. The second-order valence-corrected chi connectivity index (χ2v) is 9.41. The highest BCUT2D eigenvalue weighted by Crippen LogP contribution is 2.42. The maximum atomic E-state index is 13.1. The third kappa shape index (κ3) is 4.41. The van der Waals surface area contributed by atoms with Crippen LogP contribution < -0.4 is 10.1 Å². The number of rotatable bonds is 7. The van der Waals surface area contributed by atoms with Gasteiger partial charge in [-0.25, -0.2) is 14.6 Å². The van der Waals surface area contributed by atoms with Gasteiger partial charge in [0.25, 0.3) is 11.9 Å². The highest BCUT2D eigenvalue weighted by Gasteiger charge is 2.34. The zero-order valence-electron chi connectivity index (χ0n) is 20.0. The Morgan fingerprint density at radius 3 is 2.80 bits per heavy atom. The van der Waals surface area contributed by atoms with Gasteiger partial charge in [0.1, 0.15) is 5.75 Å². The van der Waals surface area contributed by atoms with Gasteiger partial charge in [-0.3, -0.25) is 9.69 Å². The molecule has 182 valence electrons. The summed E-state index contributed by atoms with van der Waals surface area (Å²) < 4.78 is 12.6. The number of amides is 1. The van der Waals surface area contributed by atoms with Crippen molar-refractivity contribution in [3.63, 3.8) is 0 Å². The molecule has 1 aromatic carbocycles. The molecular weight excluding hydrogens is 444 g/mol. The van der Waals surface area contributed by atoms with Crippen LogP contribution >= 0.6 is 0 Å². The number of aromatic nitrogens is 4. The van der Waals surface area contributed by atoms with Gasteiger partial charge in [-0.15, -0.1) is 0 Å². The Labute approximate surface area is 204 Å². The lowest BCUT2D eigenvalue weighted by Gasteiger charge is -2.26. The number of methoxy groups -OCH3 is 1. The summed E-state index contributed by atoms with van der Waals surface area (Å²) in [6.07, 6.45) is 7.50. The summed E-state index contributed by atoms with van der Waals surface area (Å²) in [4.78, 5) is 25.0. The number of aryl methyl sites for hydroxylation is 2. The van der Waals surface area contributed by atoms with E-state index in [9.17, 15) is 4.79 Å². The zero-order valence-corrected chi connectivity index (χ0v) is 20.0. The van der Waals surface area contributed by atoms with Gasteiger partial charge in [0, 0.05) is 43.9 Å². The number of nitrogens with one attached hydrogen (secondary N) is 1. The van der Waals surface area contributed by atoms with Crippen molar-refractivity contribution in [3.05, 3.63) is 53.0 Å². The number of hydrogen-bond donors (Lipinski definition) is 1. The Kier molecular flexibility index (Phi) is 5.95. The molecule has 0 atom stereocenters. The zero-order chi connectivity index (χ0) is 23.8. The molecule has 0 unspecified atom stereocenters. The van der Waals surface area contributed by atoms with Crippen LogP contribution in [0.4, 0.5) is 0 Å². The van der Waals surface area contributed by atoms with Crippen molar-refractivity contribution < 1.29 is 14.3 Å². The Balaban J connectivity index is 1.26. The van der Waals surface area contributed by atoms with E-state index in [-0.39, 0.29) is 5.91 Å². The Hall–Kier alpha value is -3.30. The van der Waals surface area contributed by atoms with Gasteiger partial charge in [0.05, 0.1) is 43.5 Å². The molecule has 3 heterocycles. The van der Waals surface area contributed by atoms with Gasteiger partial charge in [-0.2, -0.15) is 5.10 Å². The summed E-state index contributed by atoms with van der Waals surface area (Å²) >= 11 is 0. The highest BCUT2D eigenvalue weighted by atomic mass is 16.5. The van der Waals surface area contributed by atoms with E-state index >= 15 is 0 Å². The van der Waals surface area contributed by atoms with E-state index in [1.165, 1.54) is 5.56 Å². The van der Waals surface area contributed by atoms with Crippen molar-refractivity contribution in [2.75, 3.05) is 46.5 Å². The predicted octanol–water partition coefficient (Wildman–Crippen LogP) is 2.38. The third-order valence-electron chi connectivity index (χ3n) is 7.10. The van der Waals surface area contributed by atoms with Crippen LogP contribution in [-0.2, 0) is 17.6 Å². The molecule has 9 nitrogen and oxygen atoms in total. The molecule has 1 aliphatic heterocycles. The van der Waals surface area contributed by atoms with Gasteiger partial charge in [0.2, 0.25) is 0 Å². The lowest BCUT2D eigenvalue weighted by molar-refractivity contribution is 0.0383. The van der Waals surface area contributed by atoms with Crippen molar-refractivity contribution in [3.8, 4) is 23.0 Å². The fourth-order valence-corrected chi connectivity index (χ4v) is 5.01. The molecule has 2 fully saturated rings. The molecule has 1 saturated carbocycles. The highest BCUT2D eigenvalue weighted by molar-refractivity contribution is 5.95. The van der Waals surface area contributed by atoms with Crippen LogP contribution in [0.5, 0.6) is 5.75 Å². The molecular formula is C26H30N6O3. The standard InChI is InChI=1S/C26H30N6O3/c1-34-20-6-7-21-18(14-20)4-5-19-15-28-26(30-23(19)21)32-24(17-2-3-17)22(16-29-32)25(33)27-8-9-31-10-12-35-13-11-31/h6-7,14-17H,2-5,8-13H2,1H3,(H,27,33). The number of carbonyl (C=O) groups excluding carboxylic acids is 1.